The summed E-state index contributed by atoms with van der Waals surface area (Å²) < 4.78 is 12.5. The molecular formula is C15H14BrNO2. The zero-order valence-electron chi connectivity index (χ0n) is 10.3. The first-order chi connectivity index (χ1) is 9.22. The van der Waals surface area contributed by atoms with Crippen LogP contribution >= 0.6 is 15.9 Å². The summed E-state index contributed by atoms with van der Waals surface area (Å²) in [5, 5.41) is 0. The highest BCUT2D eigenvalue weighted by atomic mass is 79.9. The van der Waals surface area contributed by atoms with Gasteiger partial charge in [-0.2, -0.15) is 0 Å². The number of halogens is 1. The average Bonchev–Trinajstić information content (AvgIpc) is 2.82. The standard InChI is InChI=1S/C15H14BrNO2/c16-13-6-5-11(17)8-15(13)18-9-12-7-10-3-1-2-4-14(10)19-12/h1-6,8,12H,7,9,17H2. The predicted octanol–water partition coefficient (Wildman–Crippen LogP) is 3.41. The molecule has 0 saturated heterocycles. The van der Waals surface area contributed by atoms with Crippen LogP contribution < -0.4 is 15.2 Å². The van der Waals surface area contributed by atoms with Crippen molar-refractivity contribution >= 4 is 21.6 Å². The van der Waals surface area contributed by atoms with Crippen molar-refractivity contribution in [3.8, 4) is 11.5 Å². The first-order valence-electron chi connectivity index (χ1n) is 6.15. The molecule has 1 heterocycles. The molecule has 3 nitrogen and oxygen atoms in total. The van der Waals surface area contributed by atoms with Gasteiger partial charge in [-0.3, -0.25) is 0 Å². The maximum atomic E-state index is 5.83. The van der Waals surface area contributed by atoms with Gasteiger partial charge in [0.05, 0.1) is 4.47 Å². The zero-order valence-corrected chi connectivity index (χ0v) is 11.9. The van der Waals surface area contributed by atoms with E-state index in [-0.39, 0.29) is 6.10 Å². The molecule has 2 aromatic carbocycles. The zero-order chi connectivity index (χ0) is 13.2. The van der Waals surface area contributed by atoms with Gasteiger partial charge in [-0.05, 0) is 39.7 Å². The Labute approximate surface area is 120 Å². The van der Waals surface area contributed by atoms with Crippen LogP contribution in [0.5, 0.6) is 11.5 Å². The molecule has 0 radical (unpaired) electrons. The summed E-state index contributed by atoms with van der Waals surface area (Å²) in [5.41, 5.74) is 7.68. The van der Waals surface area contributed by atoms with E-state index in [0.29, 0.717) is 12.3 Å². The normalized spacial score (nSPS) is 16.8. The topological polar surface area (TPSA) is 44.5 Å². The molecule has 0 spiro atoms. The summed E-state index contributed by atoms with van der Waals surface area (Å²) in [6, 6.07) is 13.6. The fourth-order valence-electron chi connectivity index (χ4n) is 2.16. The molecule has 0 aliphatic carbocycles. The van der Waals surface area contributed by atoms with Crippen LogP contribution in [0.4, 0.5) is 5.69 Å². The van der Waals surface area contributed by atoms with Crippen molar-refractivity contribution < 1.29 is 9.47 Å². The van der Waals surface area contributed by atoms with Gasteiger partial charge in [-0.1, -0.05) is 18.2 Å². The van der Waals surface area contributed by atoms with Crippen LogP contribution in [0.25, 0.3) is 0 Å². The summed E-state index contributed by atoms with van der Waals surface area (Å²) >= 11 is 3.45. The third kappa shape index (κ3) is 2.68. The first kappa shape index (κ1) is 12.4. The third-order valence-corrected chi connectivity index (χ3v) is 3.75. The van der Waals surface area contributed by atoms with Gasteiger partial charge in [-0.15, -0.1) is 0 Å². The van der Waals surface area contributed by atoms with Crippen LogP contribution in [0, 0.1) is 0 Å². The van der Waals surface area contributed by atoms with E-state index in [9.17, 15) is 0 Å². The van der Waals surface area contributed by atoms with Crippen LogP contribution in [-0.2, 0) is 6.42 Å². The van der Waals surface area contributed by atoms with Gasteiger partial charge in [0, 0.05) is 18.2 Å². The second-order valence-corrected chi connectivity index (χ2v) is 5.41. The van der Waals surface area contributed by atoms with Crippen molar-refractivity contribution in [2.45, 2.75) is 12.5 Å². The molecule has 19 heavy (non-hydrogen) atoms. The molecule has 2 N–H and O–H groups in total. The van der Waals surface area contributed by atoms with Crippen LogP contribution in [0.1, 0.15) is 5.56 Å². The van der Waals surface area contributed by atoms with Crippen molar-refractivity contribution in [1.82, 2.24) is 0 Å². The van der Waals surface area contributed by atoms with Crippen molar-refractivity contribution in [3.63, 3.8) is 0 Å². The lowest BCUT2D eigenvalue weighted by Crippen LogP contribution is -2.22. The number of para-hydroxylation sites is 1. The van der Waals surface area contributed by atoms with Gasteiger partial charge >= 0.3 is 0 Å². The molecule has 4 heteroatoms. The monoisotopic (exact) mass is 319 g/mol. The van der Waals surface area contributed by atoms with Gasteiger partial charge in [0.1, 0.15) is 24.2 Å². The van der Waals surface area contributed by atoms with Crippen LogP contribution in [0.2, 0.25) is 0 Å². The number of hydrogen-bond donors (Lipinski definition) is 1. The number of benzene rings is 2. The highest BCUT2D eigenvalue weighted by molar-refractivity contribution is 9.10. The Morgan fingerprint density at radius 3 is 2.95 bits per heavy atom. The number of anilines is 1. The van der Waals surface area contributed by atoms with Gasteiger partial charge in [0.25, 0.3) is 0 Å². The molecule has 0 fully saturated rings. The fourth-order valence-corrected chi connectivity index (χ4v) is 2.52. The fraction of sp³-hybridized carbons (Fsp3) is 0.200. The molecule has 0 aromatic heterocycles. The number of rotatable bonds is 3. The van der Waals surface area contributed by atoms with Crippen LogP contribution in [-0.4, -0.2) is 12.7 Å². The summed E-state index contributed by atoms with van der Waals surface area (Å²) in [5.74, 6) is 1.71. The van der Waals surface area contributed by atoms with Gasteiger partial charge in [0.2, 0.25) is 0 Å². The molecule has 1 unspecified atom stereocenters. The Balaban J connectivity index is 1.64. The second-order valence-electron chi connectivity index (χ2n) is 4.55. The van der Waals surface area contributed by atoms with Crippen molar-refractivity contribution in [3.05, 3.63) is 52.5 Å². The summed E-state index contributed by atoms with van der Waals surface area (Å²) in [4.78, 5) is 0. The Hall–Kier alpha value is -1.68. The number of fused-ring (bicyclic) bond motifs is 1. The van der Waals surface area contributed by atoms with Crippen molar-refractivity contribution in [2.24, 2.45) is 0 Å². The van der Waals surface area contributed by atoms with Gasteiger partial charge in [0.15, 0.2) is 0 Å². The molecule has 3 rings (SSSR count). The van der Waals surface area contributed by atoms with Crippen LogP contribution in [0.3, 0.4) is 0 Å². The molecule has 98 valence electrons. The first-order valence-corrected chi connectivity index (χ1v) is 6.94. The van der Waals surface area contributed by atoms with E-state index in [1.165, 1.54) is 5.56 Å². The van der Waals surface area contributed by atoms with E-state index in [1.54, 1.807) is 0 Å². The molecule has 0 amide bonds. The highest BCUT2D eigenvalue weighted by Crippen LogP contribution is 2.30. The van der Waals surface area contributed by atoms with E-state index < -0.39 is 0 Å². The average molecular weight is 320 g/mol. The molecule has 0 saturated carbocycles. The Kier molecular flexibility index (Phi) is 3.34. The lowest BCUT2D eigenvalue weighted by molar-refractivity contribution is 0.148. The third-order valence-electron chi connectivity index (χ3n) is 3.09. The largest absolute Gasteiger partial charge is 0.488 e. The van der Waals surface area contributed by atoms with Crippen LogP contribution in [0.15, 0.2) is 46.9 Å². The molecule has 1 aliphatic heterocycles. The van der Waals surface area contributed by atoms with Crippen molar-refractivity contribution in [1.29, 1.82) is 0 Å². The smallest absolute Gasteiger partial charge is 0.137 e. The Morgan fingerprint density at radius 2 is 2.11 bits per heavy atom. The molecular weight excluding hydrogens is 306 g/mol. The summed E-state index contributed by atoms with van der Waals surface area (Å²) in [6.07, 6.45) is 0.946. The van der Waals surface area contributed by atoms with E-state index >= 15 is 0 Å². The number of nitrogen functional groups attached to an aromatic ring is 1. The summed E-state index contributed by atoms with van der Waals surface area (Å²) in [6.45, 7) is 0.511. The molecule has 1 aliphatic rings. The minimum Gasteiger partial charge on any atom is -0.488 e. The van der Waals surface area contributed by atoms with E-state index in [4.69, 9.17) is 15.2 Å². The Morgan fingerprint density at radius 1 is 1.26 bits per heavy atom. The SMILES string of the molecule is Nc1ccc(Br)c(OCC2Cc3ccccc3O2)c1. The number of ether oxygens (including phenoxy) is 2. The maximum Gasteiger partial charge on any atom is 0.137 e. The van der Waals surface area contributed by atoms with Crippen molar-refractivity contribution in [2.75, 3.05) is 12.3 Å². The van der Waals surface area contributed by atoms with Gasteiger partial charge in [-0.25, -0.2) is 0 Å². The Bertz CT molecular complexity index is 575. The highest BCUT2D eigenvalue weighted by Gasteiger charge is 2.23. The quantitative estimate of drug-likeness (QED) is 0.882. The molecule has 1 atom stereocenters. The predicted molar refractivity (Wildman–Crippen MR) is 78.6 cm³/mol. The lowest BCUT2D eigenvalue weighted by Gasteiger charge is -2.13. The lowest BCUT2D eigenvalue weighted by atomic mass is 10.1. The number of nitrogens with two attached hydrogens (primary N) is 1. The maximum absolute atomic E-state index is 5.83. The minimum absolute atomic E-state index is 0.0609. The van der Waals surface area contributed by atoms with E-state index in [2.05, 4.69) is 22.0 Å². The number of hydrogen-bond acceptors (Lipinski definition) is 3. The minimum atomic E-state index is 0.0609. The second kappa shape index (κ2) is 5.13. The van der Waals surface area contributed by atoms with Gasteiger partial charge < -0.3 is 15.2 Å². The summed E-state index contributed by atoms with van der Waals surface area (Å²) in [7, 11) is 0. The van der Waals surface area contributed by atoms with E-state index in [0.717, 1.165) is 22.4 Å². The molecule has 0 bridgehead atoms. The molecule has 2 aromatic rings. The van der Waals surface area contributed by atoms with E-state index in [1.807, 2.05) is 36.4 Å².